The average Bonchev–Trinajstić information content (AvgIpc) is 2.45. The Balaban J connectivity index is 2.63. The Labute approximate surface area is 121 Å². The van der Waals surface area contributed by atoms with Gasteiger partial charge in [0.2, 0.25) is 0 Å². The van der Waals surface area contributed by atoms with E-state index < -0.39 is 0 Å². The molecule has 0 aliphatic heterocycles. The number of hydrogen-bond acceptors (Lipinski definition) is 3. The lowest BCUT2D eigenvalue weighted by Gasteiger charge is -2.12. The van der Waals surface area contributed by atoms with Gasteiger partial charge >= 0.3 is 5.97 Å². The first-order valence-corrected chi connectivity index (χ1v) is 7.20. The molecule has 20 heavy (non-hydrogen) atoms. The zero-order valence-electron chi connectivity index (χ0n) is 12.8. The summed E-state index contributed by atoms with van der Waals surface area (Å²) >= 11 is 0. The normalized spacial score (nSPS) is 14.0. The molecule has 3 nitrogen and oxygen atoms in total. The van der Waals surface area contributed by atoms with Gasteiger partial charge in [-0.3, -0.25) is 0 Å². The minimum Gasteiger partial charge on any atom is -0.491 e. The number of hydrogen-bond donors (Lipinski definition) is 0. The van der Waals surface area contributed by atoms with Crippen LogP contribution in [0.3, 0.4) is 0 Å². The summed E-state index contributed by atoms with van der Waals surface area (Å²) in [6.07, 6.45) is 5.11. The number of carbonyl (C=O) groups excluding carboxylic acids is 1. The van der Waals surface area contributed by atoms with Crippen molar-refractivity contribution in [2.75, 3.05) is 0 Å². The second-order valence-corrected chi connectivity index (χ2v) is 4.90. The molecular weight excluding hydrogens is 252 g/mol. The van der Waals surface area contributed by atoms with E-state index in [2.05, 4.69) is 6.92 Å². The van der Waals surface area contributed by atoms with Crippen molar-refractivity contribution >= 4 is 12.0 Å². The highest BCUT2D eigenvalue weighted by atomic mass is 16.5. The lowest BCUT2D eigenvalue weighted by atomic mass is 10.2. The van der Waals surface area contributed by atoms with E-state index >= 15 is 0 Å². The molecule has 0 saturated heterocycles. The molecule has 0 radical (unpaired) electrons. The van der Waals surface area contributed by atoms with E-state index in [1.807, 2.05) is 45.0 Å². The largest absolute Gasteiger partial charge is 0.491 e. The maximum absolute atomic E-state index is 11.6. The zero-order chi connectivity index (χ0) is 15.0. The lowest BCUT2D eigenvalue weighted by Crippen LogP contribution is -2.11. The first-order chi connectivity index (χ1) is 9.55. The topological polar surface area (TPSA) is 35.5 Å². The third kappa shape index (κ3) is 5.91. The van der Waals surface area contributed by atoms with Gasteiger partial charge in [0.15, 0.2) is 0 Å². The van der Waals surface area contributed by atoms with E-state index in [4.69, 9.17) is 9.47 Å². The molecule has 0 heterocycles. The number of ether oxygens (including phenoxy) is 2. The molecule has 0 aliphatic rings. The van der Waals surface area contributed by atoms with Crippen LogP contribution in [-0.2, 0) is 9.53 Å². The highest BCUT2D eigenvalue weighted by molar-refractivity contribution is 5.87. The van der Waals surface area contributed by atoms with E-state index in [0.717, 1.165) is 24.2 Å². The Morgan fingerprint density at radius 1 is 1.20 bits per heavy atom. The van der Waals surface area contributed by atoms with Crippen molar-refractivity contribution in [1.29, 1.82) is 0 Å². The van der Waals surface area contributed by atoms with Crippen LogP contribution in [0.15, 0.2) is 30.3 Å². The number of esters is 1. The first kappa shape index (κ1) is 16.3. The Kier molecular flexibility index (Phi) is 6.85. The van der Waals surface area contributed by atoms with Crippen molar-refractivity contribution in [3.63, 3.8) is 0 Å². The van der Waals surface area contributed by atoms with E-state index in [9.17, 15) is 4.79 Å². The molecule has 1 rings (SSSR count). The Bertz CT molecular complexity index is 451. The first-order valence-electron chi connectivity index (χ1n) is 7.20. The molecule has 2 atom stereocenters. The maximum atomic E-state index is 11.6. The number of rotatable bonds is 7. The highest BCUT2D eigenvalue weighted by Crippen LogP contribution is 2.16. The van der Waals surface area contributed by atoms with Gasteiger partial charge < -0.3 is 9.47 Å². The molecule has 0 aliphatic carbocycles. The third-order valence-corrected chi connectivity index (χ3v) is 3.07. The smallest absolute Gasteiger partial charge is 0.331 e. The van der Waals surface area contributed by atoms with E-state index in [-0.39, 0.29) is 18.2 Å². The molecule has 2 unspecified atom stereocenters. The summed E-state index contributed by atoms with van der Waals surface area (Å²) in [5.41, 5.74) is 0.923. The zero-order valence-corrected chi connectivity index (χ0v) is 12.8. The minimum atomic E-state index is -0.312. The van der Waals surface area contributed by atoms with Crippen molar-refractivity contribution < 1.29 is 14.3 Å². The van der Waals surface area contributed by atoms with Gasteiger partial charge in [0, 0.05) is 6.08 Å². The van der Waals surface area contributed by atoms with E-state index in [1.165, 1.54) is 6.08 Å². The van der Waals surface area contributed by atoms with Crippen LogP contribution < -0.4 is 4.74 Å². The van der Waals surface area contributed by atoms with Crippen molar-refractivity contribution in [3.8, 4) is 5.75 Å². The fourth-order valence-corrected chi connectivity index (χ4v) is 1.49. The van der Waals surface area contributed by atoms with Crippen LogP contribution in [0.4, 0.5) is 0 Å². The predicted molar refractivity (Wildman–Crippen MR) is 81.7 cm³/mol. The van der Waals surface area contributed by atoms with Gasteiger partial charge in [-0.05, 0) is 50.5 Å². The number of benzene rings is 1. The quantitative estimate of drug-likeness (QED) is 0.552. The maximum Gasteiger partial charge on any atom is 0.331 e. The standard InChI is InChI=1S/C17H24O3/c1-5-13(3)19-16-9-7-8-15(12-16)10-11-17(18)20-14(4)6-2/h7-14H,5-6H2,1-4H3/b11-10+. The van der Waals surface area contributed by atoms with Gasteiger partial charge in [-0.25, -0.2) is 4.79 Å². The van der Waals surface area contributed by atoms with Crippen LogP contribution >= 0.6 is 0 Å². The summed E-state index contributed by atoms with van der Waals surface area (Å²) in [5.74, 6) is 0.504. The fraction of sp³-hybridized carbons (Fsp3) is 0.471. The summed E-state index contributed by atoms with van der Waals surface area (Å²) in [6, 6.07) is 7.67. The molecule has 0 N–H and O–H groups in total. The van der Waals surface area contributed by atoms with Crippen molar-refractivity contribution in [1.82, 2.24) is 0 Å². The van der Waals surface area contributed by atoms with E-state index in [1.54, 1.807) is 6.08 Å². The van der Waals surface area contributed by atoms with Crippen molar-refractivity contribution in [2.45, 2.75) is 52.7 Å². The molecular formula is C17H24O3. The van der Waals surface area contributed by atoms with Crippen molar-refractivity contribution in [3.05, 3.63) is 35.9 Å². The molecule has 110 valence electrons. The molecule has 0 fully saturated rings. The molecule has 0 spiro atoms. The highest BCUT2D eigenvalue weighted by Gasteiger charge is 2.04. The second kappa shape index (κ2) is 8.41. The third-order valence-electron chi connectivity index (χ3n) is 3.07. The van der Waals surface area contributed by atoms with Crippen molar-refractivity contribution in [2.24, 2.45) is 0 Å². The van der Waals surface area contributed by atoms with Gasteiger partial charge in [0.1, 0.15) is 5.75 Å². The van der Waals surface area contributed by atoms with Gasteiger partial charge in [-0.15, -0.1) is 0 Å². The summed E-state index contributed by atoms with van der Waals surface area (Å²) in [5, 5.41) is 0. The monoisotopic (exact) mass is 276 g/mol. The van der Waals surface area contributed by atoms with Gasteiger partial charge in [0.05, 0.1) is 12.2 Å². The average molecular weight is 276 g/mol. The summed E-state index contributed by atoms with van der Waals surface area (Å²) < 4.78 is 10.9. The number of carbonyl (C=O) groups is 1. The van der Waals surface area contributed by atoms with Gasteiger partial charge in [-0.1, -0.05) is 26.0 Å². The molecule has 1 aromatic carbocycles. The molecule has 0 aromatic heterocycles. The van der Waals surface area contributed by atoms with Crippen LogP contribution in [0.1, 0.15) is 46.1 Å². The second-order valence-electron chi connectivity index (χ2n) is 4.90. The summed E-state index contributed by atoms with van der Waals surface area (Å²) in [7, 11) is 0. The van der Waals surface area contributed by atoms with Crippen LogP contribution in [0.5, 0.6) is 5.75 Å². The molecule has 0 amide bonds. The molecule has 1 aromatic rings. The lowest BCUT2D eigenvalue weighted by molar-refractivity contribution is -0.142. The molecule has 0 saturated carbocycles. The Hall–Kier alpha value is -1.77. The SMILES string of the molecule is CCC(C)OC(=O)/C=C/c1cccc(OC(C)CC)c1. The molecule has 3 heteroatoms. The predicted octanol–water partition coefficient (Wildman–Crippen LogP) is 4.22. The fourth-order valence-electron chi connectivity index (χ4n) is 1.49. The Morgan fingerprint density at radius 3 is 2.55 bits per heavy atom. The molecule has 0 bridgehead atoms. The Morgan fingerprint density at radius 2 is 1.90 bits per heavy atom. The van der Waals surface area contributed by atoms with Crippen LogP contribution in [0.2, 0.25) is 0 Å². The van der Waals surface area contributed by atoms with Crippen LogP contribution in [0, 0.1) is 0 Å². The van der Waals surface area contributed by atoms with E-state index in [0.29, 0.717) is 0 Å². The van der Waals surface area contributed by atoms with Crippen LogP contribution in [-0.4, -0.2) is 18.2 Å². The summed E-state index contributed by atoms with van der Waals surface area (Å²) in [6.45, 7) is 7.98. The van der Waals surface area contributed by atoms with Gasteiger partial charge in [-0.2, -0.15) is 0 Å². The van der Waals surface area contributed by atoms with Gasteiger partial charge in [0.25, 0.3) is 0 Å². The van der Waals surface area contributed by atoms with Crippen LogP contribution in [0.25, 0.3) is 6.08 Å². The minimum absolute atomic E-state index is 0.0489. The summed E-state index contributed by atoms with van der Waals surface area (Å²) in [4.78, 5) is 11.6.